The molecule has 0 fully saturated rings. The Kier molecular flexibility index (Phi) is 10.5. The lowest BCUT2D eigenvalue weighted by Crippen LogP contribution is -2.37. The van der Waals surface area contributed by atoms with Gasteiger partial charge in [-0.05, 0) is 20.3 Å². The van der Waals surface area contributed by atoms with E-state index in [9.17, 15) is 0 Å². The molecule has 0 aromatic heterocycles. The lowest BCUT2D eigenvalue weighted by molar-refractivity contribution is 0.117. The fraction of sp³-hybridized carbons (Fsp3) is 0.923. The highest BCUT2D eigenvalue weighted by molar-refractivity contribution is 4.90. The van der Waals surface area contributed by atoms with Crippen molar-refractivity contribution in [3.63, 3.8) is 0 Å². The van der Waals surface area contributed by atoms with Crippen molar-refractivity contribution in [3.05, 3.63) is 0 Å². The van der Waals surface area contributed by atoms with Gasteiger partial charge in [0, 0.05) is 12.6 Å². The number of nitriles is 1. The molecular weight excluding hydrogens is 200 g/mol. The summed E-state index contributed by atoms with van der Waals surface area (Å²) in [6.07, 6.45) is 6.24. The van der Waals surface area contributed by atoms with E-state index in [1.807, 2.05) is 13.8 Å². The van der Waals surface area contributed by atoms with Gasteiger partial charge in [0.2, 0.25) is 0 Å². The number of unbranched alkanes of at least 4 members (excludes halogenated alkanes) is 4. The number of hydrogen-bond donors (Lipinski definition) is 1. The summed E-state index contributed by atoms with van der Waals surface area (Å²) in [5.41, 5.74) is 0. The minimum atomic E-state index is -0.171. The van der Waals surface area contributed by atoms with Crippen LogP contribution in [0.3, 0.4) is 0 Å². The Morgan fingerprint density at radius 1 is 1.19 bits per heavy atom. The van der Waals surface area contributed by atoms with Crippen LogP contribution in [0.4, 0.5) is 0 Å². The molecule has 94 valence electrons. The monoisotopic (exact) mass is 226 g/mol. The third-order valence-corrected chi connectivity index (χ3v) is 2.37. The van der Waals surface area contributed by atoms with Crippen LogP contribution in [-0.4, -0.2) is 25.3 Å². The Hall–Kier alpha value is -0.590. The van der Waals surface area contributed by atoms with Crippen molar-refractivity contribution in [1.82, 2.24) is 5.32 Å². The van der Waals surface area contributed by atoms with E-state index in [2.05, 4.69) is 18.3 Å². The van der Waals surface area contributed by atoms with Gasteiger partial charge in [-0.3, -0.25) is 5.32 Å². The molecule has 1 atom stereocenters. The van der Waals surface area contributed by atoms with Gasteiger partial charge in [0.15, 0.2) is 0 Å². The van der Waals surface area contributed by atoms with Crippen LogP contribution in [-0.2, 0) is 4.74 Å². The third kappa shape index (κ3) is 9.95. The molecule has 0 saturated carbocycles. The molecular formula is C13H26N2O. The highest BCUT2D eigenvalue weighted by Gasteiger charge is 2.07. The van der Waals surface area contributed by atoms with Crippen molar-refractivity contribution in [2.75, 3.05) is 13.2 Å². The van der Waals surface area contributed by atoms with E-state index in [-0.39, 0.29) is 6.04 Å². The molecule has 16 heavy (non-hydrogen) atoms. The van der Waals surface area contributed by atoms with Gasteiger partial charge in [0.05, 0.1) is 12.7 Å². The molecule has 0 aromatic rings. The minimum Gasteiger partial charge on any atom is -0.379 e. The zero-order valence-electron chi connectivity index (χ0n) is 11.0. The summed E-state index contributed by atoms with van der Waals surface area (Å²) in [7, 11) is 0. The first kappa shape index (κ1) is 15.4. The highest BCUT2D eigenvalue weighted by Crippen LogP contribution is 2.02. The zero-order chi connectivity index (χ0) is 12.2. The number of nitrogens with one attached hydrogen (secondary N) is 1. The summed E-state index contributed by atoms with van der Waals surface area (Å²) in [4.78, 5) is 0. The molecule has 0 aliphatic carbocycles. The van der Waals surface area contributed by atoms with E-state index >= 15 is 0 Å². The summed E-state index contributed by atoms with van der Waals surface area (Å²) in [5.74, 6) is 0. The van der Waals surface area contributed by atoms with Gasteiger partial charge >= 0.3 is 0 Å². The topological polar surface area (TPSA) is 45.0 Å². The lowest BCUT2D eigenvalue weighted by Gasteiger charge is -2.14. The molecule has 0 radical (unpaired) electrons. The van der Waals surface area contributed by atoms with Crippen LogP contribution in [0.2, 0.25) is 0 Å². The summed E-state index contributed by atoms with van der Waals surface area (Å²) in [5, 5.41) is 12.0. The van der Waals surface area contributed by atoms with Gasteiger partial charge in [-0.2, -0.15) is 5.26 Å². The van der Waals surface area contributed by atoms with Gasteiger partial charge < -0.3 is 4.74 Å². The maximum Gasteiger partial charge on any atom is 0.119 e. The van der Waals surface area contributed by atoms with Gasteiger partial charge in [0.25, 0.3) is 0 Å². The second kappa shape index (κ2) is 10.9. The molecule has 0 heterocycles. The van der Waals surface area contributed by atoms with Crippen molar-refractivity contribution in [3.8, 4) is 6.07 Å². The second-order valence-electron chi connectivity index (χ2n) is 4.49. The van der Waals surface area contributed by atoms with Crippen LogP contribution >= 0.6 is 0 Å². The molecule has 3 heteroatoms. The normalized spacial score (nSPS) is 12.7. The summed E-state index contributed by atoms with van der Waals surface area (Å²) < 4.78 is 5.48. The zero-order valence-corrected chi connectivity index (χ0v) is 11.0. The number of ether oxygens (including phenoxy) is 1. The summed E-state index contributed by atoms with van der Waals surface area (Å²) >= 11 is 0. The average molecular weight is 226 g/mol. The third-order valence-electron chi connectivity index (χ3n) is 2.37. The van der Waals surface area contributed by atoms with Gasteiger partial charge in [-0.15, -0.1) is 0 Å². The average Bonchev–Trinajstić information content (AvgIpc) is 2.25. The molecule has 1 unspecified atom stereocenters. The molecule has 0 spiro atoms. The van der Waals surface area contributed by atoms with Crippen LogP contribution in [0, 0.1) is 11.3 Å². The fourth-order valence-electron chi connectivity index (χ4n) is 1.53. The molecule has 0 aliphatic heterocycles. The van der Waals surface area contributed by atoms with Gasteiger partial charge in [0.1, 0.15) is 6.04 Å². The molecule has 0 aromatic carbocycles. The van der Waals surface area contributed by atoms with Crippen LogP contribution < -0.4 is 5.32 Å². The lowest BCUT2D eigenvalue weighted by atomic mass is 10.2. The van der Waals surface area contributed by atoms with Crippen LogP contribution in [0.25, 0.3) is 0 Å². The van der Waals surface area contributed by atoms with Gasteiger partial charge in [-0.1, -0.05) is 32.6 Å². The van der Waals surface area contributed by atoms with Crippen molar-refractivity contribution in [2.45, 2.75) is 65.0 Å². The van der Waals surface area contributed by atoms with Gasteiger partial charge in [-0.25, -0.2) is 0 Å². The van der Waals surface area contributed by atoms with E-state index in [0.717, 1.165) is 13.0 Å². The number of nitrogens with zero attached hydrogens (tertiary/aromatic N) is 1. The predicted octanol–water partition coefficient (Wildman–Crippen LogP) is 2.86. The first-order valence-electron chi connectivity index (χ1n) is 6.44. The number of hydrogen-bond acceptors (Lipinski definition) is 3. The largest absolute Gasteiger partial charge is 0.379 e. The van der Waals surface area contributed by atoms with Crippen molar-refractivity contribution >= 4 is 0 Å². The smallest absolute Gasteiger partial charge is 0.119 e. The SMILES string of the molecule is CCCCCCCOCC(C#N)NC(C)C. The Balaban J connectivity index is 3.32. The van der Waals surface area contributed by atoms with Crippen LogP contribution in [0.1, 0.15) is 52.9 Å². The fourth-order valence-corrected chi connectivity index (χ4v) is 1.53. The quantitative estimate of drug-likeness (QED) is 0.583. The van der Waals surface area contributed by atoms with Crippen molar-refractivity contribution in [2.24, 2.45) is 0 Å². The highest BCUT2D eigenvalue weighted by atomic mass is 16.5. The van der Waals surface area contributed by atoms with Crippen molar-refractivity contribution < 1.29 is 4.74 Å². The van der Waals surface area contributed by atoms with E-state index in [0.29, 0.717) is 12.6 Å². The summed E-state index contributed by atoms with van der Waals surface area (Å²) in [6, 6.07) is 2.37. The molecule has 0 saturated heterocycles. The first-order chi connectivity index (χ1) is 7.70. The molecule has 0 bridgehead atoms. The molecule has 1 N–H and O–H groups in total. The first-order valence-corrected chi connectivity index (χ1v) is 6.44. The van der Waals surface area contributed by atoms with E-state index in [1.54, 1.807) is 0 Å². The maximum absolute atomic E-state index is 8.86. The Morgan fingerprint density at radius 3 is 2.44 bits per heavy atom. The molecule has 0 aliphatic rings. The van der Waals surface area contributed by atoms with E-state index in [4.69, 9.17) is 10.00 Å². The molecule has 0 rings (SSSR count). The standard InChI is InChI=1S/C13H26N2O/c1-4-5-6-7-8-9-16-11-13(10-14)15-12(2)3/h12-13,15H,4-9,11H2,1-3H3. The van der Waals surface area contributed by atoms with Crippen LogP contribution in [0.5, 0.6) is 0 Å². The van der Waals surface area contributed by atoms with Crippen LogP contribution in [0.15, 0.2) is 0 Å². The van der Waals surface area contributed by atoms with E-state index < -0.39 is 0 Å². The maximum atomic E-state index is 8.86. The number of rotatable bonds is 10. The minimum absolute atomic E-state index is 0.171. The molecule has 3 nitrogen and oxygen atoms in total. The predicted molar refractivity (Wildman–Crippen MR) is 67.3 cm³/mol. The van der Waals surface area contributed by atoms with E-state index in [1.165, 1.54) is 25.7 Å². The Bertz CT molecular complexity index is 187. The van der Waals surface area contributed by atoms with Crippen molar-refractivity contribution in [1.29, 1.82) is 5.26 Å². The Labute approximate surface area is 100 Å². The Morgan fingerprint density at radius 2 is 1.88 bits per heavy atom. The molecule has 0 amide bonds. The second-order valence-corrected chi connectivity index (χ2v) is 4.49. The summed E-state index contributed by atoms with van der Waals surface area (Å²) in [6.45, 7) is 7.57.